The summed E-state index contributed by atoms with van der Waals surface area (Å²) < 4.78 is 41.8. The van der Waals surface area contributed by atoms with Crippen LogP contribution < -0.4 is 4.74 Å². The summed E-state index contributed by atoms with van der Waals surface area (Å²) in [4.78, 5) is 14.5. The number of carboxylic acid groups (broad SMARTS) is 1. The second-order valence-electron chi connectivity index (χ2n) is 3.15. The molecule has 6 nitrogen and oxygen atoms in total. The molecule has 0 unspecified atom stereocenters. The van der Waals surface area contributed by atoms with Gasteiger partial charge in [0.15, 0.2) is 5.75 Å². The summed E-state index contributed by atoms with van der Waals surface area (Å²) in [6.07, 6.45) is -2.33. The molecule has 2 aromatic rings. The Labute approximate surface area is 107 Å². The number of ether oxygens (including phenoxy) is 1. The van der Waals surface area contributed by atoms with Crippen LogP contribution in [0.5, 0.6) is 10.9 Å². The minimum atomic E-state index is -4.62. The lowest BCUT2D eigenvalue weighted by molar-refractivity contribution is -0.138. The van der Waals surface area contributed by atoms with Gasteiger partial charge < -0.3 is 9.84 Å². The van der Waals surface area contributed by atoms with Crippen molar-refractivity contribution >= 4 is 17.3 Å². The summed E-state index contributed by atoms with van der Waals surface area (Å²) >= 11 is 0.165. The predicted octanol–water partition coefficient (Wildman–Crippen LogP) is 2.44. The van der Waals surface area contributed by atoms with E-state index in [1.165, 1.54) is 6.20 Å². The van der Waals surface area contributed by atoms with Gasteiger partial charge in [0, 0.05) is 6.20 Å². The second-order valence-corrected chi connectivity index (χ2v) is 4.09. The quantitative estimate of drug-likeness (QED) is 0.934. The van der Waals surface area contributed by atoms with E-state index in [1.807, 2.05) is 0 Å². The topological polar surface area (TPSA) is 85.2 Å². The molecule has 2 heterocycles. The van der Waals surface area contributed by atoms with Gasteiger partial charge in [-0.15, -0.1) is 5.10 Å². The summed E-state index contributed by atoms with van der Waals surface area (Å²) in [7, 11) is 0. The molecule has 2 aromatic heterocycles. The zero-order valence-electron chi connectivity index (χ0n) is 8.88. The molecule has 0 amide bonds. The van der Waals surface area contributed by atoms with Gasteiger partial charge in [-0.05, 0) is 6.07 Å². The molecular formula is C9H4F3N3O3S. The van der Waals surface area contributed by atoms with Crippen LogP contribution in [0.3, 0.4) is 0 Å². The standard InChI is InChI=1S/C9H4F3N3O3S/c10-9(11,12)7-14-15-8(19-7)18-5-3-13-2-1-4(5)6(16)17/h1-3H,(H,16,17). The molecule has 0 bridgehead atoms. The Bertz CT molecular complexity index is 614. The molecule has 0 saturated heterocycles. The molecule has 19 heavy (non-hydrogen) atoms. The molecule has 0 radical (unpaired) electrons. The van der Waals surface area contributed by atoms with Crippen LogP contribution in [-0.2, 0) is 6.18 Å². The van der Waals surface area contributed by atoms with E-state index in [9.17, 15) is 18.0 Å². The molecule has 0 spiro atoms. The molecule has 0 atom stereocenters. The largest absolute Gasteiger partial charge is 0.478 e. The Morgan fingerprint density at radius 3 is 2.68 bits per heavy atom. The third kappa shape index (κ3) is 2.96. The van der Waals surface area contributed by atoms with Crippen molar-refractivity contribution < 1.29 is 27.8 Å². The van der Waals surface area contributed by atoms with Crippen LogP contribution in [0.4, 0.5) is 13.2 Å². The number of halogens is 3. The van der Waals surface area contributed by atoms with Gasteiger partial charge in [-0.2, -0.15) is 13.2 Å². The highest BCUT2D eigenvalue weighted by Gasteiger charge is 2.36. The number of hydrogen-bond donors (Lipinski definition) is 1. The average Bonchev–Trinajstić information content (AvgIpc) is 2.77. The molecule has 0 fully saturated rings. The predicted molar refractivity (Wildman–Crippen MR) is 56.2 cm³/mol. The molecule has 0 aromatic carbocycles. The fraction of sp³-hybridized carbons (Fsp3) is 0.111. The van der Waals surface area contributed by atoms with Crippen LogP contribution in [-0.4, -0.2) is 26.3 Å². The van der Waals surface area contributed by atoms with Gasteiger partial charge in [0.2, 0.25) is 5.01 Å². The molecule has 1 N–H and O–H groups in total. The SMILES string of the molecule is O=C(O)c1ccncc1Oc1nnc(C(F)(F)F)s1. The summed E-state index contributed by atoms with van der Waals surface area (Å²) in [6.45, 7) is 0. The third-order valence-corrected chi connectivity index (χ3v) is 2.71. The number of aromatic nitrogens is 3. The van der Waals surface area contributed by atoms with Crippen LogP contribution in [0.25, 0.3) is 0 Å². The first-order chi connectivity index (χ1) is 8.88. The maximum atomic E-state index is 12.3. The number of alkyl halides is 3. The Morgan fingerprint density at radius 2 is 2.11 bits per heavy atom. The van der Waals surface area contributed by atoms with Gasteiger partial charge in [-0.3, -0.25) is 4.98 Å². The highest BCUT2D eigenvalue weighted by Crippen LogP contribution is 2.35. The number of hydrogen-bond acceptors (Lipinski definition) is 6. The van der Waals surface area contributed by atoms with Crippen molar-refractivity contribution in [2.24, 2.45) is 0 Å². The number of aromatic carboxylic acids is 1. The van der Waals surface area contributed by atoms with Crippen molar-refractivity contribution in [3.8, 4) is 10.9 Å². The van der Waals surface area contributed by atoms with Gasteiger partial charge in [-0.1, -0.05) is 16.4 Å². The number of nitrogens with zero attached hydrogens (tertiary/aromatic N) is 3. The number of pyridine rings is 1. The first kappa shape index (κ1) is 13.2. The molecule has 2 rings (SSSR count). The van der Waals surface area contributed by atoms with E-state index in [-0.39, 0.29) is 22.6 Å². The minimum absolute atomic E-state index is 0.165. The van der Waals surface area contributed by atoms with Gasteiger partial charge in [0.25, 0.3) is 5.19 Å². The number of rotatable bonds is 3. The van der Waals surface area contributed by atoms with Gasteiger partial charge in [0.1, 0.15) is 5.56 Å². The summed E-state index contributed by atoms with van der Waals surface area (Å²) in [5.41, 5.74) is -0.237. The van der Waals surface area contributed by atoms with Gasteiger partial charge in [-0.25, -0.2) is 4.79 Å². The van der Waals surface area contributed by atoms with Gasteiger partial charge in [0.05, 0.1) is 6.20 Å². The highest BCUT2D eigenvalue weighted by molar-refractivity contribution is 7.13. The monoisotopic (exact) mass is 291 g/mol. The zero-order valence-corrected chi connectivity index (χ0v) is 9.70. The lowest BCUT2D eigenvalue weighted by atomic mass is 10.2. The number of carboxylic acids is 1. The smallest absolute Gasteiger partial charge is 0.445 e. The van der Waals surface area contributed by atoms with Crippen LogP contribution in [0, 0.1) is 0 Å². The van der Waals surface area contributed by atoms with E-state index in [0.717, 1.165) is 12.3 Å². The fourth-order valence-corrected chi connectivity index (χ4v) is 1.67. The molecular weight excluding hydrogens is 287 g/mol. The first-order valence-corrected chi connectivity index (χ1v) is 5.45. The van der Waals surface area contributed by atoms with Crippen LogP contribution in [0.2, 0.25) is 0 Å². The maximum Gasteiger partial charge on any atom is 0.445 e. The van der Waals surface area contributed by atoms with Crippen molar-refractivity contribution in [2.45, 2.75) is 6.18 Å². The molecule has 100 valence electrons. The van der Waals surface area contributed by atoms with Crippen LogP contribution in [0.1, 0.15) is 15.4 Å². The van der Waals surface area contributed by atoms with Crippen molar-refractivity contribution in [2.75, 3.05) is 0 Å². The van der Waals surface area contributed by atoms with E-state index in [4.69, 9.17) is 9.84 Å². The normalized spacial score (nSPS) is 11.3. The Kier molecular flexibility index (Phi) is 3.34. The number of carbonyl (C=O) groups is 1. The lowest BCUT2D eigenvalue weighted by Crippen LogP contribution is -2.03. The Balaban J connectivity index is 2.27. The van der Waals surface area contributed by atoms with Crippen molar-refractivity contribution in [3.63, 3.8) is 0 Å². The van der Waals surface area contributed by atoms with Crippen molar-refractivity contribution in [1.82, 2.24) is 15.2 Å². The molecule has 0 saturated carbocycles. The molecule has 0 aliphatic rings. The summed E-state index contributed by atoms with van der Waals surface area (Å²) in [6, 6.07) is 1.16. The first-order valence-electron chi connectivity index (χ1n) is 4.64. The Morgan fingerprint density at radius 1 is 1.37 bits per heavy atom. The van der Waals surface area contributed by atoms with E-state index in [2.05, 4.69) is 15.2 Å². The summed E-state index contributed by atoms with van der Waals surface area (Å²) in [5.74, 6) is -1.50. The lowest BCUT2D eigenvalue weighted by Gasteiger charge is -2.03. The third-order valence-electron chi connectivity index (χ3n) is 1.86. The van der Waals surface area contributed by atoms with E-state index < -0.39 is 22.3 Å². The average molecular weight is 291 g/mol. The van der Waals surface area contributed by atoms with Crippen LogP contribution in [0.15, 0.2) is 18.5 Å². The van der Waals surface area contributed by atoms with Crippen molar-refractivity contribution in [3.05, 3.63) is 29.0 Å². The molecule has 10 heteroatoms. The molecule has 0 aliphatic heterocycles. The van der Waals surface area contributed by atoms with E-state index in [0.29, 0.717) is 0 Å². The highest BCUT2D eigenvalue weighted by atomic mass is 32.1. The van der Waals surface area contributed by atoms with Crippen LogP contribution >= 0.6 is 11.3 Å². The Hall–Kier alpha value is -2.23. The second kappa shape index (κ2) is 4.80. The van der Waals surface area contributed by atoms with Gasteiger partial charge >= 0.3 is 12.1 Å². The van der Waals surface area contributed by atoms with E-state index >= 15 is 0 Å². The molecule has 0 aliphatic carbocycles. The maximum absolute atomic E-state index is 12.3. The zero-order chi connectivity index (χ0) is 14.0. The fourth-order valence-electron chi connectivity index (χ4n) is 1.10. The van der Waals surface area contributed by atoms with E-state index in [1.54, 1.807) is 0 Å². The summed E-state index contributed by atoms with van der Waals surface area (Å²) in [5, 5.41) is 13.4. The van der Waals surface area contributed by atoms with Crippen molar-refractivity contribution in [1.29, 1.82) is 0 Å². The minimum Gasteiger partial charge on any atom is -0.478 e.